The summed E-state index contributed by atoms with van der Waals surface area (Å²) in [6.07, 6.45) is 8.14. The molecule has 0 amide bonds. The average Bonchev–Trinajstić information content (AvgIpc) is 3.17. The van der Waals surface area contributed by atoms with Crippen molar-refractivity contribution in [3.63, 3.8) is 0 Å². The summed E-state index contributed by atoms with van der Waals surface area (Å²) in [5, 5.41) is 6.70. The maximum Gasteiger partial charge on any atom is 0.224 e. The van der Waals surface area contributed by atoms with Gasteiger partial charge >= 0.3 is 0 Å². The van der Waals surface area contributed by atoms with E-state index in [0.29, 0.717) is 11.4 Å². The predicted octanol–water partition coefficient (Wildman–Crippen LogP) is 4.05. The minimum Gasteiger partial charge on any atom is -0.368 e. The van der Waals surface area contributed by atoms with Gasteiger partial charge in [0.25, 0.3) is 0 Å². The van der Waals surface area contributed by atoms with Crippen molar-refractivity contribution >= 4 is 27.7 Å². The van der Waals surface area contributed by atoms with Crippen LogP contribution in [0.5, 0.6) is 0 Å². The molecule has 0 bridgehead atoms. The molecule has 1 aromatic heterocycles. The zero-order valence-electron chi connectivity index (χ0n) is 11.8. The smallest absolute Gasteiger partial charge is 0.224 e. The van der Waals surface area contributed by atoms with E-state index in [1.807, 2.05) is 6.20 Å². The monoisotopic (exact) mass is 326 g/mol. The highest BCUT2D eigenvalue weighted by molar-refractivity contribution is 9.10. The minimum absolute atomic E-state index is 0.524. The molecule has 1 aromatic rings. The summed E-state index contributed by atoms with van der Waals surface area (Å²) in [5.41, 5.74) is 0.524. The molecule has 0 unspecified atom stereocenters. The van der Waals surface area contributed by atoms with Gasteiger partial charge in [0.15, 0.2) is 0 Å². The van der Waals surface area contributed by atoms with Crippen LogP contribution in [-0.2, 0) is 0 Å². The van der Waals surface area contributed by atoms with Crippen LogP contribution in [0, 0.1) is 5.41 Å². The van der Waals surface area contributed by atoms with E-state index in [1.54, 1.807) is 0 Å². The maximum atomic E-state index is 4.52. The van der Waals surface area contributed by atoms with Crippen molar-refractivity contribution in [2.45, 2.75) is 46.0 Å². The zero-order valence-corrected chi connectivity index (χ0v) is 13.4. The second-order valence-electron chi connectivity index (χ2n) is 5.42. The minimum atomic E-state index is 0.524. The first kappa shape index (κ1) is 14.6. The van der Waals surface area contributed by atoms with Crippen molar-refractivity contribution in [3.05, 3.63) is 10.7 Å². The lowest BCUT2D eigenvalue weighted by Crippen LogP contribution is -2.17. The highest BCUT2D eigenvalue weighted by Gasteiger charge is 2.41. The van der Waals surface area contributed by atoms with Crippen LogP contribution < -0.4 is 10.6 Å². The van der Waals surface area contributed by atoms with Crippen molar-refractivity contribution in [1.29, 1.82) is 0 Å². The van der Waals surface area contributed by atoms with Crippen molar-refractivity contribution in [2.24, 2.45) is 5.41 Å². The molecule has 19 heavy (non-hydrogen) atoms. The number of rotatable bonds is 8. The predicted molar refractivity (Wildman–Crippen MR) is 83.6 cm³/mol. The fraction of sp³-hybridized carbons (Fsp3) is 0.714. The van der Waals surface area contributed by atoms with Gasteiger partial charge in [0, 0.05) is 19.3 Å². The van der Waals surface area contributed by atoms with Gasteiger partial charge in [-0.05, 0) is 47.0 Å². The van der Waals surface area contributed by atoms with Crippen LogP contribution in [0.15, 0.2) is 10.7 Å². The van der Waals surface area contributed by atoms with Gasteiger partial charge in [0.2, 0.25) is 5.95 Å². The number of anilines is 2. The molecular weight excluding hydrogens is 304 g/mol. The van der Waals surface area contributed by atoms with E-state index in [0.717, 1.165) is 29.8 Å². The van der Waals surface area contributed by atoms with Crippen LogP contribution >= 0.6 is 15.9 Å². The van der Waals surface area contributed by atoms with E-state index in [9.17, 15) is 0 Å². The Labute approximate surface area is 123 Å². The molecule has 1 saturated carbocycles. The Morgan fingerprint density at radius 2 is 2.05 bits per heavy atom. The molecule has 1 aliphatic rings. The van der Waals surface area contributed by atoms with Crippen LogP contribution in [0.1, 0.15) is 46.0 Å². The lowest BCUT2D eigenvalue weighted by Gasteiger charge is -2.16. The lowest BCUT2D eigenvalue weighted by molar-refractivity contribution is 0.485. The van der Waals surface area contributed by atoms with Gasteiger partial charge < -0.3 is 10.6 Å². The Bertz CT molecular complexity index is 418. The van der Waals surface area contributed by atoms with E-state index in [4.69, 9.17) is 0 Å². The Hall–Kier alpha value is -0.840. The first-order valence-corrected chi connectivity index (χ1v) is 7.99. The second kappa shape index (κ2) is 6.55. The molecule has 0 saturated heterocycles. The Morgan fingerprint density at radius 3 is 2.68 bits per heavy atom. The molecule has 5 heteroatoms. The van der Waals surface area contributed by atoms with Crippen LogP contribution in [0.2, 0.25) is 0 Å². The fourth-order valence-corrected chi connectivity index (χ4v) is 2.64. The van der Waals surface area contributed by atoms with E-state index in [-0.39, 0.29) is 0 Å². The molecule has 2 N–H and O–H groups in total. The van der Waals surface area contributed by atoms with Crippen LogP contribution in [0.3, 0.4) is 0 Å². The lowest BCUT2D eigenvalue weighted by atomic mass is 10.0. The average molecular weight is 327 g/mol. The van der Waals surface area contributed by atoms with Gasteiger partial charge in [-0.1, -0.05) is 20.3 Å². The molecule has 0 aromatic carbocycles. The normalized spacial score (nSPS) is 16.2. The van der Waals surface area contributed by atoms with E-state index in [1.165, 1.54) is 25.7 Å². The molecule has 1 fully saturated rings. The highest BCUT2D eigenvalue weighted by Crippen LogP contribution is 2.49. The fourth-order valence-electron chi connectivity index (χ4n) is 2.31. The second-order valence-corrected chi connectivity index (χ2v) is 6.27. The molecule has 4 nitrogen and oxygen atoms in total. The third-order valence-corrected chi connectivity index (χ3v) is 4.23. The van der Waals surface area contributed by atoms with Crippen LogP contribution in [-0.4, -0.2) is 23.1 Å². The molecule has 2 rings (SSSR count). The zero-order chi connectivity index (χ0) is 13.7. The van der Waals surface area contributed by atoms with Gasteiger partial charge in [-0.25, -0.2) is 4.98 Å². The van der Waals surface area contributed by atoms with Crippen LogP contribution in [0.25, 0.3) is 0 Å². The van der Waals surface area contributed by atoms with Crippen molar-refractivity contribution in [3.8, 4) is 0 Å². The van der Waals surface area contributed by atoms with E-state index < -0.39 is 0 Å². The van der Waals surface area contributed by atoms with Gasteiger partial charge in [-0.15, -0.1) is 0 Å². The largest absolute Gasteiger partial charge is 0.368 e. The Morgan fingerprint density at radius 1 is 1.26 bits per heavy atom. The van der Waals surface area contributed by atoms with Crippen molar-refractivity contribution in [1.82, 2.24) is 9.97 Å². The third kappa shape index (κ3) is 4.06. The quantitative estimate of drug-likeness (QED) is 0.756. The van der Waals surface area contributed by atoms with Crippen molar-refractivity contribution in [2.75, 3.05) is 23.7 Å². The van der Waals surface area contributed by atoms with E-state index in [2.05, 4.69) is 50.4 Å². The summed E-state index contributed by atoms with van der Waals surface area (Å²) >= 11 is 3.51. The molecule has 1 heterocycles. The topological polar surface area (TPSA) is 49.8 Å². The molecule has 0 spiro atoms. The number of nitrogens with zero attached hydrogens (tertiary/aromatic N) is 2. The molecule has 106 valence electrons. The summed E-state index contributed by atoms with van der Waals surface area (Å²) in [5.74, 6) is 1.60. The molecule has 0 aliphatic heterocycles. The van der Waals surface area contributed by atoms with Gasteiger partial charge in [-0.3, -0.25) is 0 Å². The molecular formula is C14H23BrN4. The summed E-state index contributed by atoms with van der Waals surface area (Å²) < 4.78 is 0.932. The molecule has 0 radical (unpaired) electrons. The summed E-state index contributed by atoms with van der Waals surface area (Å²) in [6.45, 7) is 6.31. The molecule has 1 aliphatic carbocycles. The van der Waals surface area contributed by atoms with E-state index >= 15 is 0 Å². The third-order valence-electron chi connectivity index (χ3n) is 3.65. The Balaban J connectivity index is 1.95. The van der Waals surface area contributed by atoms with Gasteiger partial charge in [0.1, 0.15) is 5.82 Å². The highest BCUT2D eigenvalue weighted by atomic mass is 79.9. The molecule has 0 atom stereocenters. The first-order chi connectivity index (χ1) is 9.19. The van der Waals surface area contributed by atoms with Crippen LogP contribution in [0.4, 0.5) is 11.8 Å². The maximum absolute atomic E-state index is 4.52. The number of halogens is 1. The summed E-state index contributed by atoms with van der Waals surface area (Å²) in [6, 6.07) is 0. The van der Waals surface area contributed by atoms with Crippen molar-refractivity contribution < 1.29 is 0 Å². The summed E-state index contributed by atoms with van der Waals surface area (Å²) in [7, 11) is 0. The number of aromatic nitrogens is 2. The van der Waals surface area contributed by atoms with Gasteiger partial charge in [0.05, 0.1) is 4.47 Å². The number of hydrogen-bond donors (Lipinski definition) is 2. The summed E-state index contributed by atoms with van der Waals surface area (Å²) in [4.78, 5) is 8.78. The SMILES string of the molecule is CCCNc1ncc(Br)c(NCC2(CCC)CC2)n1. The standard InChI is InChI=1S/C14H23BrN4/c1-3-5-14(6-7-14)10-18-12-11(15)9-17-13(19-12)16-8-4-2/h9H,3-8,10H2,1-2H3,(H2,16,17,18,19). The number of nitrogens with one attached hydrogen (secondary N) is 2. The number of hydrogen-bond acceptors (Lipinski definition) is 4. The first-order valence-electron chi connectivity index (χ1n) is 7.19. The Kier molecular flexibility index (Phi) is 5.02. The van der Waals surface area contributed by atoms with Gasteiger partial charge in [-0.2, -0.15) is 4.98 Å².